The Kier molecular flexibility index (Phi) is 1.99. The number of hydrogen-bond donors (Lipinski definition) is 2. The highest BCUT2D eigenvalue weighted by Crippen LogP contribution is 2.58. The van der Waals surface area contributed by atoms with Crippen molar-refractivity contribution < 1.29 is 9.90 Å². The van der Waals surface area contributed by atoms with Crippen molar-refractivity contribution in [3.63, 3.8) is 0 Å². The van der Waals surface area contributed by atoms with E-state index in [-0.39, 0.29) is 12.8 Å². The molecule has 1 amide bonds. The average molecular weight is 230 g/mol. The van der Waals surface area contributed by atoms with Crippen LogP contribution in [0.5, 0.6) is 0 Å². The molecule has 0 aromatic heterocycles. The molecule has 1 aliphatic heterocycles. The molecule has 1 aliphatic carbocycles. The van der Waals surface area contributed by atoms with E-state index < -0.39 is 28.4 Å². The molecule has 2 bridgehead atoms. The Morgan fingerprint density at radius 3 is 2.41 bits per heavy atom. The second kappa shape index (κ2) is 2.97. The van der Waals surface area contributed by atoms with Gasteiger partial charge in [-0.05, 0) is 5.92 Å². The maximum Gasteiger partial charge on any atom is 0.245 e. The van der Waals surface area contributed by atoms with Crippen LogP contribution < -0.4 is 5.32 Å². The molecule has 2 fully saturated rings. The molecular weight excluding hydrogens is 220 g/mol. The van der Waals surface area contributed by atoms with Crippen LogP contribution in [0.1, 0.15) is 19.8 Å². The summed E-state index contributed by atoms with van der Waals surface area (Å²) >= 11 is 0. The van der Waals surface area contributed by atoms with Gasteiger partial charge in [0.1, 0.15) is 5.72 Å². The molecule has 1 saturated heterocycles. The van der Waals surface area contributed by atoms with Gasteiger partial charge in [-0.25, -0.2) is 0 Å². The van der Waals surface area contributed by atoms with Gasteiger partial charge in [-0.15, -0.1) is 0 Å². The van der Waals surface area contributed by atoms with E-state index in [9.17, 15) is 25.7 Å². The van der Waals surface area contributed by atoms with E-state index in [1.807, 2.05) is 12.1 Å². The van der Waals surface area contributed by atoms with E-state index in [4.69, 9.17) is 0 Å². The van der Waals surface area contributed by atoms with Crippen LogP contribution in [0.3, 0.4) is 0 Å². The number of carbonyl (C=O) groups excluding carboxylic acids is 1. The summed E-state index contributed by atoms with van der Waals surface area (Å²) in [6, 6.07) is 5.45. The van der Waals surface area contributed by atoms with Crippen molar-refractivity contribution in [1.29, 1.82) is 15.8 Å². The second-order valence-electron chi connectivity index (χ2n) is 4.82. The molecule has 2 rings (SSSR count). The molecule has 0 aromatic rings. The van der Waals surface area contributed by atoms with Crippen LogP contribution >= 0.6 is 0 Å². The highest BCUT2D eigenvalue weighted by molar-refractivity contribution is 5.91. The van der Waals surface area contributed by atoms with Crippen LogP contribution in [-0.4, -0.2) is 16.7 Å². The number of nitriles is 3. The Bertz CT molecular complexity index is 509. The fraction of sp³-hybridized carbons (Fsp3) is 0.636. The summed E-state index contributed by atoms with van der Waals surface area (Å²) in [7, 11) is 0. The maximum absolute atomic E-state index is 11.9. The van der Waals surface area contributed by atoms with Crippen LogP contribution in [-0.2, 0) is 4.79 Å². The molecule has 3 atom stereocenters. The van der Waals surface area contributed by atoms with Crippen LogP contribution in [0, 0.1) is 50.7 Å². The zero-order chi connectivity index (χ0) is 12.9. The first-order valence-corrected chi connectivity index (χ1v) is 5.18. The van der Waals surface area contributed by atoms with Crippen LogP contribution in [0.25, 0.3) is 0 Å². The summed E-state index contributed by atoms with van der Waals surface area (Å²) in [5.41, 5.74) is -4.94. The van der Waals surface area contributed by atoms with Gasteiger partial charge >= 0.3 is 0 Å². The standard InChI is InChI=1S/C11H10N4O2/c1-7-2-11(17)3-9(4-12,8(16)15-11)10(7,5-13)6-14/h7,17H,2-3H2,1H3,(H,15,16)/t7-,9-,11+/m0/s1. The first-order valence-electron chi connectivity index (χ1n) is 5.18. The maximum atomic E-state index is 11.9. The van der Waals surface area contributed by atoms with E-state index in [1.54, 1.807) is 13.0 Å². The molecule has 2 N–H and O–H groups in total. The van der Waals surface area contributed by atoms with Crippen molar-refractivity contribution in [3.8, 4) is 18.2 Å². The third-order valence-electron chi connectivity index (χ3n) is 3.89. The summed E-state index contributed by atoms with van der Waals surface area (Å²) in [6.07, 6.45) is -0.107. The van der Waals surface area contributed by atoms with Gasteiger partial charge < -0.3 is 10.4 Å². The molecule has 0 aromatic carbocycles. The second-order valence-corrected chi connectivity index (χ2v) is 4.82. The Morgan fingerprint density at radius 1 is 1.35 bits per heavy atom. The van der Waals surface area contributed by atoms with Crippen molar-refractivity contribution in [2.75, 3.05) is 0 Å². The molecule has 0 spiro atoms. The van der Waals surface area contributed by atoms with E-state index in [0.717, 1.165) is 0 Å². The molecule has 1 heterocycles. The average Bonchev–Trinajstić information content (AvgIpc) is 2.50. The Hall–Kier alpha value is -2.10. The van der Waals surface area contributed by atoms with Crippen molar-refractivity contribution in [2.45, 2.75) is 25.5 Å². The van der Waals surface area contributed by atoms with Crippen molar-refractivity contribution >= 4 is 5.91 Å². The Balaban J connectivity index is 2.72. The number of carbonyl (C=O) groups is 1. The Labute approximate surface area is 98.1 Å². The number of aliphatic hydroxyl groups is 1. The molecule has 2 aliphatic rings. The summed E-state index contributed by atoms with van der Waals surface area (Å²) in [4.78, 5) is 11.9. The van der Waals surface area contributed by atoms with Gasteiger partial charge in [-0.2, -0.15) is 15.8 Å². The number of fused-ring (bicyclic) bond motifs is 2. The molecule has 86 valence electrons. The number of amides is 1. The molecular formula is C11H10N4O2. The van der Waals surface area contributed by atoms with E-state index in [1.165, 1.54) is 0 Å². The normalized spacial score (nSPS) is 41.8. The van der Waals surface area contributed by atoms with Crippen LogP contribution in [0.2, 0.25) is 0 Å². The number of rotatable bonds is 0. The fourth-order valence-corrected chi connectivity index (χ4v) is 3.02. The third kappa shape index (κ3) is 1.02. The first kappa shape index (κ1) is 11.4. The zero-order valence-electron chi connectivity index (χ0n) is 9.19. The van der Waals surface area contributed by atoms with Crippen molar-refractivity contribution in [3.05, 3.63) is 0 Å². The molecule has 1 saturated carbocycles. The van der Waals surface area contributed by atoms with Gasteiger partial charge in [0.25, 0.3) is 0 Å². The van der Waals surface area contributed by atoms with Crippen LogP contribution in [0.4, 0.5) is 0 Å². The topological polar surface area (TPSA) is 121 Å². The highest BCUT2D eigenvalue weighted by atomic mass is 16.3. The lowest BCUT2D eigenvalue weighted by Gasteiger charge is -2.42. The molecule has 0 radical (unpaired) electrons. The monoisotopic (exact) mass is 230 g/mol. The van der Waals surface area contributed by atoms with E-state index in [2.05, 4.69) is 5.32 Å². The van der Waals surface area contributed by atoms with Gasteiger partial charge in [-0.3, -0.25) is 4.79 Å². The van der Waals surface area contributed by atoms with E-state index in [0.29, 0.717) is 0 Å². The summed E-state index contributed by atoms with van der Waals surface area (Å²) < 4.78 is 0. The lowest BCUT2D eigenvalue weighted by atomic mass is 9.53. The zero-order valence-corrected chi connectivity index (χ0v) is 9.19. The van der Waals surface area contributed by atoms with Crippen molar-refractivity contribution in [1.82, 2.24) is 5.32 Å². The lowest BCUT2D eigenvalue weighted by Crippen LogP contribution is -2.52. The largest absolute Gasteiger partial charge is 0.371 e. The van der Waals surface area contributed by atoms with Gasteiger partial charge in [0.05, 0.1) is 18.2 Å². The predicted octanol–water partition coefficient (Wildman–Crippen LogP) is -0.222. The number of nitrogens with one attached hydrogen (secondary N) is 1. The Morgan fingerprint density at radius 2 is 1.94 bits per heavy atom. The first-order chi connectivity index (χ1) is 7.89. The van der Waals surface area contributed by atoms with Gasteiger partial charge in [-0.1, -0.05) is 6.92 Å². The third-order valence-corrected chi connectivity index (χ3v) is 3.89. The lowest BCUT2D eigenvalue weighted by molar-refractivity contribution is -0.128. The fourth-order valence-electron chi connectivity index (χ4n) is 3.02. The summed E-state index contributed by atoms with van der Waals surface area (Å²) in [5, 5.41) is 40.1. The number of nitrogens with zero attached hydrogens (tertiary/aromatic N) is 3. The quantitative estimate of drug-likeness (QED) is 0.595. The smallest absolute Gasteiger partial charge is 0.245 e. The minimum atomic E-state index is -1.77. The molecule has 17 heavy (non-hydrogen) atoms. The van der Waals surface area contributed by atoms with E-state index >= 15 is 0 Å². The predicted molar refractivity (Wildman–Crippen MR) is 53.2 cm³/mol. The van der Waals surface area contributed by atoms with Gasteiger partial charge in [0.15, 0.2) is 10.8 Å². The van der Waals surface area contributed by atoms with Gasteiger partial charge in [0.2, 0.25) is 5.91 Å². The van der Waals surface area contributed by atoms with Crippen molar-refractivity contribution in [2.24, 2.45) is 16.7 Å². The van der Waals surface area contributed by atoms with Crippen LogP contribution in [0.15, 0.2) is 0 Å². The minimum Gasteiger partial charge on any atom is -0.371 e. The summed E-state index contributed by atoms with van der Waals surface area (Å²) in [5.74, 6) is -1.29. The molecule has 6 heteroatoms. The highest BCUT2D eigenvalue weighted by Gasteiger charge is 2.72. The molecule has 6 nitrogen and oxygen atoms in total. The number of hydrogen-bond acceptors (Lipinski definition) is 5. The van der Waals surface area contributed by atoms with Gasteiger partial charge in [0, 0.05) is 12.8 Å². The summed E-state index contributed by atoms with van der Waals surface area (Å²) in [6.45, 7) is 1.60. The minimum absolute atomic E-state index is 0.100. The molecule has 0 unspecified atom stereocenters. The SMILES string of the molecule is C[C@H]1C[C@@]2(O)C[C@](C#N)(C(=O)N2)C1(C#N)C#N.